The van der Waals surface area contributed by atoms with E-state index in [1.807, 2.05) is 43.3 Å². The molecule has 0 aliphatic rings. The van der Waals surface area contributed by atoms with Gasteiger partial charge < -0.3 is 16.0 Å². The molecule has 4 nitrogen and oxygen atoms in total. The highest BCUT2D eigenvalue weighted by molar-refractivity contribution is 5.74. The molecule has 1 amide bonds. The van der Waals surface area contributed by atoms with Gasteiger partial charge in [-0.3, -0.25) is 4.79 Å². The van der Waals surface area contributed by atoms with Gasteiger partial charge in [0.1, 0.15) is 0 Å². The van der Waals surface area contributed by atoms with Gasteiger partial charge in [0.05, 0.1) is 0 Å². The number of carbonyl (C=O) groups excluding carboxylic acids is 1. The molecule has 82 valence electrons. The van der Waals surface area contributed by atoms with Crippen molar-refractivity contribution in [3.05, 3.63) is 24.3 Å². The number of rotatable bonds is 5. The summed E-state index contributed by atoms with van der Waals surface area (Å²) in [6, 6.07) is 8.00. The van der Waals surface area contributed by atoms with Gasteiger partial charge in [-0.1, -0.05) is 6.07 Å². The van der Waals surface area contributed by atoms with Crippen molar-refractivity contribution in [3.63, 3.8) is 0 Å². The number of hydrogen-bond donors (Lipinski definition) is 2. The number of primary amides is 1. The van der Waals surface area contributed by atoms with E-state index in [2.05, 4.69) is 5.32 Å². The van der Waals surface area contributed by atoms with Gasteiger partial charge in [-0.15, -0.1) is 0 Å². The lowest BCUT2D eigenvalue weighted by molar-refractivity contribution is -0.117. The van der Waals surface area contributed by atoms with E-state index >= 15 is 0 Å². The van der Waals surface area contributed by atoms with Crippen LogP contribution in [0.1, 0.15) is 6.42 Å². The highest BCUT2D eigenvalue weighted by atomic mass is 16.1. The van der Waals surface area contributed by atoms with Gasteiger partial charge in [0.25, 0.3) is 0 Å². The van der Waals surface area contributed by atoms with Crippen molar-refractivity contribution in [2.75, 3.05) is 30.9 Å². The Morgan fingerprint density at radius 1 is 1.47 bits per heavy atom. The van der Waals surface area contributed by atoms with Gasteiger partial charge in [-0.2, -0.15) is 0 Å². The molecular weight excluding hydrogens is 190 g/mol. The molecule has 0 aromatic heterocycles. The molecule has 0 aliphatic heterocycles. The Morgan fingerprint density at radius 2 is 2.20 bits per heavy atom. The molecule has 1 aromatic carbocycles. The number of nitrogens with zero attached hydrogens (tertiary/aromatic N) is 1. The van der Waals surface area contributed by atoms with Crippen LogP contribution < -0.4 is 16.0 Å². The van der Waals surface area contributed by atoms with Crippen molar-refractivity contribution in [2.24, 2.45) is 5.73 Å². The predicted molar refractivity (Wildman–Crippen MR) is 63.1 cm³/mol. The van der Waals surface area contributed by atoms with Crippen LogP contribution >= 0.6 is 0 Å². The normalized spacial score (nSPS) is 9.73. The topological polar surface area (TPSA) is 58.4 Å². The highest BCUT2D eigenvalue weighted by Gasteiger charge is 1.98. The summed E-state index contributed by atoms with van der Waals surface area (Å²) in [5.74, 6) is -0.286. The van der Waals surface area contributed by atoms with Gasteiger partial charge in [0, 0.05) is 38.4 Å². The van der Waals surface area contributed by atoms with Crippen LogP contribution in [0.15, 0.2) is 24.3 Å². The monoisotopic (exact) mass is 207 g/mol. The van der Waals surface area contributed by atoms with Crippen LogP contribution in [0.5, 0.6) is 0 Å². The molecule has 0 heterocycles. The van der Waals surface area contributed by atoms with Gasteiger partial charge in [-0.05, 0) is 18.2 Å². The molecule has 0 unspecified atom stereocenters. The van der Waals surface area contributed by atoms with Crippen molar-refractivity contribution >= 4 is 17.3 Å². The van der Waals surface area contributed by atoms with E-state index in [1.165, 1.54) is 0 Å². The van der Waals surface area contributed by atoms with Crippen LogP contribution in [-0.4, -0.2) is 26.5 Å². The fourth-order valence-electron chi connectivity index (χ4n) is 1.22. The third-order valence-corrected chi connectivity index (χ3v) is 2.06. The SMILES string of the molecule is CN(C)c1cccc(NCCC(N)=O)c1. The first kappa shape index (κ1) is 11.4. The number of amides is 1. The number of nitrogens with one attached hydrogen (secondary N) is 1. The van der Waals surface area contributed by atoms with E-state index in [-0.39, 0.29) is 5.91 Å². The maximum atomic E-state index is 10.5. The molecule has 0 spiro atoms. The summed E-state index contributed by atoms with van der Waals surface area (Å²) in [4.78, 5) is 12.6. The average Bonchev–Trinajstić information content (AvgIpc) is 2.17. The van der Waals surface area contributed by atoms with Crippen LogP contribution in [0.4, 0.5) is 11.4 Å². The standard InChI is InChI=1S/C11H17N3O/c1-14(2)10-5-3-4-9(8-10)13-7-6-11(12)15/h3-5,8,13H,6-7H2,1-2H3,(H2,12,15). The molecule has 0 fully saturated rings. The fraction of sp³-hybridized carbons (Fsp3) is 0.364. The first-order valence-electron chi connectivity index (χ1n) is 4.89. The molecule has 1 rings (SSSR count). The lowest BCUT2D eigenvalue weighted by Crippen LogP contribution is -2.16. The van der Waals surface area contributed by atoms with Gasteiger partial charge in [0.15, 0.2) is 0 Å². The maximum Gasteiger partial charge on any atom is 0.219 e. The summed E-state index contributed by atoms with van der Waals surface area (Å²) in [7, 11) is 3.98. The van der Waals surface area contributed by atoms with E-state index in [0.29, 0.717) is 13.0 Å². The molecule has 0 bridgehead atoms. The minimum Gasteiger partial charge on any atom is -0.384 e. The van der Waals surface area contributed by atoms with E-state index in [4.69, 9.17) is 5.73 Å². The molecule has 0 saturated heterocycles. The number of carbonyl (C=O) groups is 1. The van der Waals surface area contributed by atoms with Gasteiger partial charge in [-0.25, -0.2) is 0 Å². The lowest BCUT2D eigenvalue weighted by atomic mass is 10.2. The fourth-order valence-corrected chi connectivity index (χ4v) is 1.22. The summed E-state index contributed by atoms with van der Waals surface area (Å²) >= 11 is 0. The molecule has 0 atom stereocenters. The second-order valence-corrected chi connectivity index (χ2v) is 3.59. The molecule has 0 radical (unpaired) electrons. The molecule has 3 N–H and O–H groups in total. The smallest absolute Gasteiger partial charge is 0.219 e. The molecule has 15 heavy (non-hydrogen) atoms. The zero-order chi connectivity index (χ0) is 11.3. The molecule has 4 heteroatoms. The summed E-state index contributed by atoms with van der Waals surface area (Å²) in [6.45, 7) is 0.576. The van der Waals surface area contributed by atoms with E-state index < -0.39 is 0 Å². The Kier molecular flexibility index (Phi) is 3.97. The van der Waals surface area contributed by atoms with Crippen molar-refractivity contribution in [1.82, 2.24) is 0 Å². The summed E-state index contributed by atoms with van der Waals surface area (Å²) in [5, 5.41) is 3.14. The Morgan fingerprint density at radius 3 is 2.80 bits per heavy atom. The van der Waals surface area contributed by atoms with Crippen LogP contribution in [0.3, 0.4) is 0 Å². The molecule has 1 aromatic rings. The van der Waals surface area contributed by atoms with Crippen LogP contribution in [0.25, 0.3) is 0 Å². The maximum absolute atomic E-state index is 10.5. The largest absolute Gasteiger partial charge is 0.384 e. The van der Waals surface area contributed by atoms with E-state index in [1.54, 1.807) is 0 Å². The summed E-state index contributed by atoms with van der Waals surface area (Å²) in [5.41, 5.74) is 7.17. The molecule has 0 saturated carbocycles. The molecule has 0 aliphatic carbocycles. The number of anilines is 2. The summed E-state index contributed by atoms with van der Waals surface area (Å²) < 4.78 is 0. The van der Waals surface area contributed by atoms with E-state index in [9.17, 15) is 4.79 Å². The Balaban J connectivity index is 2.54. The summed E-state index contributed by atoms with van der Waals surface area (Å²) in [6.07, 6.45) is 0.353. The van der Waals surface area contributed by atoms with E-state index in [0.717, 1.165) is 11.4 Å². The predicted octanol–water partition coefficient (Wildman–Crippen LogP) is 1.04. The minimum atomic E-state index is -0.286. The van der Waals surface area contributed by atoms with Crippen LogP contribution in [-0.2, 0) is 4.79 Å². The number of nitrogens with two attached hydrogens (primary N) is 1. The van der Waals surface area contributed by atoms with Gasteiger partial charge in [0.2, 0.25) is 5.91 Å². The number of benzene rings is 1. The second-order valence-electron chi connectivity index (χ2n) is 3.59. The Bertz CT molecular complexity index is 336. The quantitative estimate of drug-likeness (QED) is 0.758. The van der Waals surface area contributed by atoms with Crippen molar-refractivity contribution in [3.8, 4) is 0 Å². The second kappa shape index (κ2) is 5.24. The first-order valence-corrected chi connectivity index (χ1v) is 4.89. The zero-order valence-corrected chi connectivity index (χ0v) is 9.16. The zero-order valence-electron chi connectivity index (χ0n) is 9.16. The first-order chi connectivity index (χ1) is 7.09. The van der Waals surface area contributed by atoms with Crippen molar-refractivity contribution < 1.29 is 4.79 Å². The molecular formula is C11H17N3O. The average molecular weight is 207 g/mol. The van der Waals surface area contributed by atoms with Gasteiger partial charge >= 0.3 is 0 Å². The lowest BCUT2D eigenvalue weighted by Gasteiger charge is -2.14. The third kappa shape index (κ3) is 3.89. The number of hydrogen-bond acceptors (Lipinski definition) is 3. The van der Waals surface area contributed by atoms with Crippen LogP contribution in [0.2, 0.25) is 0 Å². The highest BCUT2D eigenvalue weighted by Crippen LogP contribution is 2.16. The van der Waals surface area contributed by atoms with Crippen LogP contribution in [0, 0.1) is 0 Å². The Hall–Kier alpha value is -1.71. The Labute approximate surface area is 90.1 Å². The van der Waals surface area contributed by atoms with Crippen molar-refractivity contribution in [1.29, 1.82) is 0 Å². The van der Waals surface area contributed by atoms with Crippen molar-refractivity contribution in [2.45, 2.75) is 6.42 Å². The minimum absolute atomic E-state index is 0.286. The third-order valence-electron chi connectivity index (χ3n) is 2.06.